The summed E-state index contributed by atoms with van der Waals surface area (Å²) in [5, 5.41) is 4.63. The van der Waals surface area contributed by atoms with Gasteiger partial charge < -0.3 is 14.8 Å². The van der Waals surface area contributed by atoms with E-state index in [0.29, 0.717) is 34.1 Å². The van der Waals surface area contributed by atoms with E-state index < -0.39 is 5.82 Å². The molecule has 0 radical (unpaired) electrons. The summed E-state index contributed by atoms with van der Waals surface area (Å²) in [6, 6.07) is 23.7. The van der Waals surface area contributed by atoms with Gasteiger partial charge in [0.25, 0.3) is 11.8 Å². The third-order valence-electron chi connectivity index (χ3n) is 7.50. The van der Waals surface area contributed by atoms with Gasteiger partial charge in [-0.3, -0.25) is 9.59 Å². The number of nitrogens with one attached hydrogen (secondary N) is 1. The van der Waals surface area contributed by atoms with Gasteiger partial charge in [0.2, 0.25) is 0 Å². The summed E-state index contributed by atoms with van der Waals surface area (Å²) in [6.07, 6.45) is 4.44. The van der Waals surface area contributed by atoms with Crippen LogP contribution in [0.3, 0.4) is 0 Å². The second-order valence-electron chi connectivity index (χ2n) is 10.1. The number of nitrogens with zero attached hydrogens (tertiary/aromatic N) is 3. The summed E-state index contributed by atoms with van der Waals surface area (Å²) >= 11 is 1.32. The predicted molar refractivity (Wildman–Crippen MR) is 157 cm³/mol. The van der Waals surface area contributed by atoms with E-state index in [-0.39, 0.29) is 23.6 Å². The van der Waals surface area contributed by atoms with Crippen LogP contribution in [0.15, 0.2) is 85.1 Å². The lowest BCUT2D eigenvalue weighted by molar-refractivity contribution is 0.0598. The van der Waals surface area contributed by atoms with Crippen molar-refractivity contribution in [2.24, 2.45) is 7.05 Å². The number of thiazole rings is 1. The minimum Gasteiger partial charge on any atom is -0.350 e. The van der Waals surface area contributed by atoms with Crippen molar-refractivity contribution in [3.63, 3.8) is 0 Å². The first-order valence-electron chi connectivity index (χ1n) is 13.5. The fraction of sp³-hybridized carbons (Fsp3) is 0.219. The first kappa shape index (κ1) is 26.0. The average molecular weight is 553 g/mol. The molecular formula is C32H29FN4O2S. The molecule has 0 spiro atoms. The number of hydrogen-bond acceptors (Lipinski definition) is 4. The summed E-state index contributed by atoms with van der Waals surface area (Å²) in [4.78, 5) is 34.4. The van der Waals surface area contributed by atoms with Crippen molar-refractivity contribution in [3.8, 4) is 21.0 Å². The number of likely N-dealkylation sites (tertiary alicyclic amines) is 1. The monoisotopic (exact) mass is 552 g/mol. The maximum absolute atomic E-state index is 14.9. The molecule has 3 heterocycles. The Labute approximate surface area is 236 Å². The van der Waals surface area contributed by atoms with E-state index in [9.17, 15) is 14.0 Å². The van der Waals surface area contributed by atoms with Gasteiger partial charge in [0.15, 0.2) is 0 Å². The van der Waals surface area contributed by atoms with Gasteiger partial charge in [-0.25, -0.2) is 9.37 Å². The van der Waals surface area contributed by atoms with Crippen LogP contribution in [-0.2, 0) is 7.05 Å². The van der Waals surface area contributed by atoms with Crippen molar-refractivity contribution in [2.75, 3.05) is 13.1 Å². The summed E-state index contributed by atoms with van der Waals surface area (Å²) in [6.45, 7) is 0.890. The molecule has 2 aromatic heterocycles. The molecule has 0 saturated carbocycles. The summed E-state index contributed by atoms with van der Waals surface area (Å²) in [7, 11) is 1.92. The molecule has 6 rings (SSSR count). The largest absolute Gasteiger partial charge is 0.350 e. The molecule has 1 saturated heterocycles. The molecule has 202 valence electrons. The average Bonchev–Trinajstić information content (AvgIpc) is 3.58. The number of aromatic nitrogens is 2. The van der Waals surface area contributed by atoms with E-state index in [4.69, 9.17) is 4.98 Å². The van der Waals surface area contributed by atoms with Crippen LogP contribution >= 0.6 is 11.3 Å². The molecule has 0 bridgehead atoms. The van der Waals surface area contributed by atoms with Crippen LogP contribution in [0.25, 0.3) is 31.9 Å². The van der Waals surface area contributed by atoms with Gasteiger partial charge in [-0.05, 0) is 31.4 Å². The van der Waals surface area contributed by atoms with E-state index in [1.165, 1.54) is 17.4 Å². The second kappa shape index (κ2) is 11.1. The van der Waals surface area contributed by atoms with Gasteiger partial charge in [0, 0.05) is 54.4 Å². The highest BCUT2D eigenvalue weighted by atomic mass is 32.1. The second-order valence-corrected chi connectivity index (χ2v) is 11.1. The molecule has 0 unspecified atom stereocenters. The first-order valence-corrected chi connectivity index (χ1v) is 14.3. The van der Waals surface area contributed by atoms with Gasteiger partial charge in [-0.15, -0.1) is 11.3 Å². The molecule has 3 aromatic carbocycles. The highest BCUT2D eigenvalue weighted by Crippen LogP contribution is 2.38. The van der Waals surface area contributed by atoms with E-state index >= 15 is 0 Å². The Balaban J connectivity index is 1.29. The molecular weight excluding hydrogens is 523 g/mol. The number of aryl methyl sites for hydroxylation is 1. The molecule has 1 N–H and O–H groups in total. The summed E-state index contributed by atoms with van der Waals surface area (Å²) < 4.78 is 16.9. The maximum Gasteiger partial charge on any atom is 0.274 e. The van der Waals surface area contributed by atoms with Crippen molar-refractivity contribution >= 4 is 34.1 Å². The van der Waals surface area contributed by atoms with Crippen LogP contribution in [0.2, 0.25) is 0 Å². The lowest BCUT2D eigenvalue weighted by atomic mass is 10.0. The Morgan fingerprint density at radius 3 is 2.58 bits per heavy atom. The minimum atomic E-state index is -0.391. The fourth-order valence-corrected chi connectivity index (χ4v) is 6.53. The van der Waals surface area contributed by atoms with Gasteiger partial charge in [-0.2, -0.15) is 0 Å². The predicted octanol–water partition coefficient (Wildman–Crippen LogP) is 6.53. The quantitative estimate of drug-likeness (QED) is 0.260. The molecule has 1 fully saturated rings. The highest BCUT2D eigenvalue weighted by Gasteiger charge is 2.32. The number of rotatable bonds is 6. The highest BCUT2D eigenvalue weighted by molar-refractivity contribution is 7.18. The van der Waals surface area contributed by atoms with Crippen LogP contribution in [0.4, 0.5) is 4.39 Å². The molecule has 8 heteroatoms. The Hall–Kier alpha value is -4.30. The maximum atomic E-state index is 14.9. The van der Waals surface area contributed by atoms with Crippen molar-refractivity contribution in [1.82, 2.24) is 19.8 Å². The van der Waals surface area contributed by atoms with E-state index in [0.717, 1.165) is 35.7 Å². The zero-order chi connectivity index (χ0) is 27.6. The van der Waals surface area contributed by atoms with E-state index in [1.807, 2.05) is 72.4 Å². The van der Waals surface area contributed by atoms with Gasteiger partial charge in [-0.1, -0.05) is 66.7 Å². The van der Waals surface area contributed by atoms with Crippen molar-refractivity contribution in [3.05, 3.63) is 102 Å². The van der Waals surface area contributed by atoms with Crippen LogP contribution in [0.5, 0.6) is 0 Å². The van der Waals surface area contributed by atoms with Crippen LogP contribution < -0.4 is 5.32 Å². The number of carbonyl (C=O) groups is 2. The smallest absolute Gasteiger partial charge is 0.274 e. The topological polar surface area (TPSA) is 67.2 Å². The van der Waals surface area contributed by atoms with Gasteiger partial charge in [0.05, 0.1) is 10.4 Å². The zero-order valence-electron chi connectivity index (χ0n) is 22.1. The molecule has 1 atom stereocenters. The molecule has 40 heavy (non-hydrogen) atoms. The number of fused-ring (bicyclic) bond motifs is 1. The van der Waals surface area contributed by atoms with Crippen molar-refractivity contribution < 1.29 is 14.0 Å². The van der Waals surface area contributed by atoms with E-state index in [1.54, 1.807) is 23.1 Å². The molecule has 2 amide bonds. The van der Waals surface area contributed by atoms with Crippen LogP contribution in [-0.4, -0.2) is 45.4 Å². The third kappa shape index (κ3) is 4.91. The molecule has 5 aromatic rings. The van der Waals surface area contributed by atoms with Gasteiger partial charge in [0.1, 0.15) is 16.5 Å². The van der Waals surface area contributed by atoms with Crippen LogP contribution in [0, 0.1) is 5.82 Å². The number of carbonyl (C=O) groups excluding carboxylic acids is 2. The van der Waals surface area contributed by atoms with Crippen molar-refractivity contribution in [2.45, 2.75) is 25.3 Å². The number of para-hydroxylation sites is 1. The Kier molecular flexibility index (Phi) is 7.17. The Morgan fingerprint density at radius 1 is 1.00 bits per heavy atom. The SMILES string of the molecule is Cn1cc(C(=O)NC[C@@H]2CCCCN2C(=O)c2nc(-c3ccccc3)sc2-c2ccccc2F)c2ccccc21. The molecule has 1 aliphatic heterocycles. The number of benzene rings is 3. The number of hydrogen-bond donors (Lipinski definition) is 1. The molecule has 1 aliphatic rings. The fourth-order valence-electron chi connectivity index (χ4n) is 5.44. The third-order valence-corrected chi connectivity index (χ3v) is 8.63. The van der Waals surface area contributed by atoms with Crippen LogP contribution in [0.1, 0.15) is 40.1 Å². The summed E-state index contributed by atoms with van der Waals surface area (Å²) in [5.74, 6) is -0.792. The molecule has 6 nitrogen and oxygen atoms in total. The first-order chi connectivity index (χ1) is 19.5. The van der Waals surface area contributed by atoms with Crippen molar-refractivity contribution in [1.29, 1.82) is 0 Å². The Bertz CT molecular complexity index is 1690. The number of amides is 2. The normalized spacial score (nSPS) is 15.3. The Morgan fingerprint density at radius 2 is 1.75 bits per heavy atom. The lowest BCUT2D eigenvalue weighted by Crippen LogP contribution is -2.49. The summed E-state index contributed by atoms with van der Waals surface area (Å²) in [5.41, 5.74) is 3.09. The van der Waals surface area contributed by atoms with Gasteiger partial charge >= 0.3 is 0 Å². The van der Waals surface area contributed by atoms with E-state index in [2.05, 4.69) is 5.32 Å². The number of halogens is 1. The molecule has 0 aliphatic carbocycles. The lowest BCUT2D eigenvalue weighted by Gasteiger charge is -2.35. The minimum absolute atomic E-state index is 0.165. The number of piperidine rings is 1. The standard InChI is InChI=1S/C32H29FN4O2S/c1-36-20-25(23-14-6-8-17-27(23)36)30(38)34-19-22-13-9-10-18-37(22)32(39)28-29(24-15-5-7-16-26(24)33)40-31(35-28)21-11-3-2-4-12-21/h2-8,11-12,14-17,20,22H,9-10,13,18-19H2,1H3,(H,34,38)/t22-/m0/s1. The zero-order valence-corrected chi connectivity index (χ0v) is 23.0.